The molecule has 1 N–H and O–H groups in total. The summed E-state index contributed by atoms with van der Waals surface area (Å²) in [7, 11) is 1.84. The Labute approximate surface area is 183 Å². The zero-order valence-corrected chi connectivity index (χ0v) is 18.4. The van der Waals surface area contributed by atoms with Crippen molar-refractivity contribution in [2.75, 3.05) is 11.9 Å². The van der Waals surface area contributed by atoms with Gasteiger partial charge in [0.2, 0.25) is 0 Å². The summed E-state index contributed by atoms with van der Waals surface area (Å²) in [4.78, 5) is 5.71. The Morgan fingerprint density at radius 3 is 2.70 bits per heavy atom. The number of halogens is 2. The minimum Gasteiger partial charge on any atom is -0.382 e. The van der Waals surface area contributed by atoms with E-state index in [1.54, 1.807) is 6.92 Å². The highest BCUT2D eigenvalue weighted by atomic mass is 32.2. The minimum absolute atomic E-state index is 0.0274. The molecule has 2 aromatic carbocycles. The molecule has 1 aromatic heterocycles. The van der Waals surface area contributed by atoms with E-state index in [1.165, 1.54) is 35.2 Å². The summed E-state index contributed by atoms with van der Waals surface area (Å²) in [6.45, 7) is 3.67. The van der Waals surface area contributed by atoms with E-state index in [1.807, 2.05) is 43.1 Å². The van der Waals surface area contributed by atoms with Gasteiger partial charge in [0.25, 0.3) is 0 Å². The van der Waals surface area contributed by atoms with Gasteiger partial charge in [-0.05, 0) is 37.6 Å². The van der Waals surface area contributed by atoms with Crippen LogP contribution >= 0.6 is 24.0 Å². The lowest BCUT2D eigenvalue weighted by atomic mass is 9.90. The molecule has 2 atom stereocenters. The summed E-state index contributed by atoms with van der Waals surface area (Å²) < 4.78 is 30.0. The van der Waals surface area contributed by atoms with E-state index in [0.29, 0.717) is 4.32 Å². The van der Waals surface area contributed by atoms with Gasteiger partial charge in [-0.1, -0.05) is 42.2 Å². The van der Waals surface area contributed by atoms with Gasteiger partial charge in [0.15, 0.2) is 0 Å². The van der Waals surface area contributed by atoms with E-state index in [4.69, 9.17) is 12.2 Å². The molecule has 9 heteroatoms. The molecule has 0 amide bonds. The summed E-state index contributed by atoms with van der Waals surface area (Å²) >= 11 is 6.82. The van der Waals surface area contributed by atoms with Gasteiger partial charge in [-0.25, -0.2) is 18.4 Å². The second-order valence-electron chi connectivity index (χ2n) is 7.07. The summed E-state index contributed by atoms with van der Waals surface area (Å²) in [6, 6.07) is 11.0. The smallest absolute Gasteiger partial charge is 0.140 e. The van der Waals surface area contributed by atoms with Crippen LogP contribution in [-0.2, 0) is 12.1 Å². The monoisotopic (exact) mass is 448 g/mol. The fraction of sp³-hybridized carbons (Fsp3) is 0.286. The largest absolute Gasteiger partial charge is 0.382 e. The van der Waals surface area contributed by atoms with Crippen LogP contribution in [0.25, 0.3) is 0 Å². The van der Waals surface area contributed by atoms with Crippen molar-refractivity contribution in [1.29, 1.82) is 0 Å². The Morgan fingerprint density at radius 1 is 1.30 bits per heavy atom. The molecule has 30 heavy (non-hydrogen) atoms. The van der Waals surface area contributed by atoms with Crippen LogP contribution in [0.3, 0.4) is 0 Å². The van der Waals surface area contributed by atoms with Crippen molar-refractivity contribution in [2.45, 2.75) is 31.2 Å². The highest BCUT2D eigenvalue weighted by molar-refractivity contribution is 8.23. The number of aryl methyl sites for hydroxylation is 1. The maximum absolute atomic E-state index is 14.6. The van der Waals surface area contributed by atoms with Crippen LogP contribution in [0.2, 0.25) is 0 Å². The molecule has 0 radical (unpaired) electrons. The minimum atomic E-state index is -1.71. The number of nitrogens with zero attached hydrogens (tertiary/aromatic N) is 4. The number of aliphatic hydroxyl groups is 1. The van der Waals surface area contributed by atoms with Gasteiger partial charge in [-0.15, -0.1) is 0 Å². The van der Waals surface area contributed by atoms with Gasteiger partial charge in [0, 0.05) is 29.6 Å². The topological polar surface area (TPSA) is 54.2 Å². The Hall–Kier alpha value is -2.36. The standard InChI is InChI=1S/C21H22F2N4OS2/c1-14-5-4-6-17(9-14)26(3)20(29)30-15(2)21(28,11-27-13-24-12-25-27)18-8-7-16(22)10-19(18)23/h4-10,12-13,15,28H,11H2,1-3H3/t15-,21-/m1/s1. The van der Waals surface area contributed by atoms with Crippen molar-refractivity contribution >= 4 is 34.0 Å². The van der Waals surface area contributed by atoms with Gasteiger partial charge in [-0.2, -0.15) is 5.10 Å². The maximum atomic E-state index is 14.6. The van der Waals surface area contributed by atoms with Crippen molar-refractivity contribution < 1.29 is 13.9 Å². The van der Waals surface area contributed by atoms with E-state index in [2.05, 4.69) is 10.1 Å². The zero-order chi connectivity index (χ0) is 21.9. The zero-order valence-electron chi connectivity index (χ0n) is 16.8. The molecule has 3 rings (SSSR count). The van der Waals surface area contributed by atoms with Crippen LogP contribution in [0, 0.1) is 18.6 Å². The first-order chi connectivity index (χ1) is 14.2. The van der Waals surface area contributed by atoms with Crippen molar-refractivity contribution in [1.82, 2.24) is 14.8 Å². The van der Waals surface area contributed by atoms with Crippen LogP contribution in [-0.4, -0.2) is 36.5 Å². The summed E-state index contributed by atoms with van der Waals surface area (Å²) in [5.41, 5.74) is 0.261. The second kappa shape index (κ2) is 9.20. The predicted molar refractivity (Wildman–Crippen MR) is 120 cm³/mol. The van der Waals surface area contributed by atoms with Crippen LogP contribution in [0.5, 0.6) is 0 Å². The normalized spacial score (nSPS) is 14.2. The third kappa shape index (κ3) is 4.85. The molecule has 0 aliphatic rings. The van der Waals surface area contributed by atoms with Crippen molar-refractivity contribution in [3.63, 3.8) is 0 Å². The van der Waals surface area contributed by atoms with Gasteiger partial charge in [0.05, 0.1) is 6.54 Å². The summed E-state index contributed by atoms with van der Waals surface area (Å²) in [5, 5.41) is 15.0. The summed E-state index contributed by atoms with van der Waals surface area (Å²) in [6.07, 6.45) is 2.76. The van der Waals surface area contributed by atoms with Crippen LogP contribution in [0.1, 0.15) is 18.1 Å². The third-order valence-electron chi connectivity index (χ3n) is 4.88. The summed E-state index contributed by atoms with van der Waals surface area (Å²) in [5.74, 6) is -1.54. The van der Waals surface area contributed by atoms with Crippen molar-refractivity contribution in [3.05, 3.63) is 77.9 Å². The lowest BCUT2D eigenvalue weighted by Gasteiger charge is -2.35. The lowest BCUT2D eigenvalue weighted by molar-refractivity contribution is 0.0136. The first-order valence-corrected chi connectivity index (χ1v) is 10.5. The SMILES string of the molecule is Cc1cccc(N(C)C(=S)S[C@H](C)[C@](O)(Cn2cncn2)c2ccc(F)cc2F)c1. The number of anilines is 1. The number of rotatable bonds is 6. The lowest BCUT2D eigenvalue weighted by Crippen LogP contribution is -2.42. The molecular formula is C21H22F2N4OS2. The predicted octanol–water partition coefficient (Wildman–Crippen LogP) is 4.30. The number of thiocarbonyl (C=S) groups is 1. The van der Waals surface area contributed by atoms with E-state index in [-0.39, 0.29) is 12.1 Å². The molecule has 0 saturated heterocycles. The molecule has 1 heterocycles. The molecule has 0 aliphatic carbocycles. The van der Waals surface area contributed by atoms with Gasteiger partial charge in [-0.3, -0.25) is 0 Å². The number of thioether (sulfide) groups is 1. The molecule has 0 unspecified atom stereocenters. The molecule has 3 aromatic rings. The molecule has 5 nitrogen and oxygen atoms in total. The van der Waals surface area contributed by atoms with Crippen LogP contribution in [0.4, 0.5) is 14.5 Å². The number of hydrogen-bond acceptors (Lipinski definition) is 5. The van der Waals surface area contributed by atoms with Crippen molar-refractivity contribution in [2.24, 2.45) is 0 Å². The quantitative estimate of drug-likeness (QED) is 0.568. The Kier molecular flexibility index (Phi) is 6.84. The van der Waals surface area contributed by atoms with Gasteiger partial charge in [0.1, 0.15) is 34.2 Å². The van der Waals surface area contributed by atoms with Crippen LogP contribution in [0.15, 0.2) is 55.1 Å². The Bertz CT molecular complexity index is 1030. The number of benzene rings is 2. The van der Waals surface area contributed by atoms with E-state index in [0.717, 1.165) is 23.4 Å². The molecule has 0 aliphatic heterocycles. The van der Waals surface area contributed by atoms with Gasteiger partial charge < -0.3 is 10.0 Å². The Balaban J connectivity index is 1.90. The molecule has 0 fully saturated rings. The fourth-order valence-corrected chi connectivity index (χ4v) is 4.61. The molecule has 0 bridgehead atoms. The van der Waals surface area contributed by atoms with Crippen molar-refractivity contribution in [3.8, 4) is 0 Å². The molecule has 158 valence electrons. The first kappa shape index (κ1) is 22.3. The number of aromatic nitrogens is 3. The third-order valence-corrected chi connectivity index (χ3v) is 6.66. The average Bonchev–Trinajstić information content (AvgIpc) is 3.19. The highest BCUT2D eigenvalue weighted by Crippen LogP contribution is 2.37. The fourth-order valence-electron chi connectivity index (χ4n) is 3.10. The second-order valence-corrected chi connectivity index (χ2v) is 9.04. The highest BCUT2D eigenvalue weighted by Gasteiger charge is 2.40. The molecular weight excluding hydrogens is 426 g/mol. The van der Waals surface area contributed by atoms with E-state index >= 15 is 0 Å². The van der Waals surface area contributed by atoms with E-state index in [9.17, 15) is 13.9 Å². The number of hydrogen-bond donors (Lipinski definition) is 1. The van der Waals surface area contributed by atoms with Gasteiger partial charge >= 0.3 is 0 Å². The average molecular weight is 449 g/mol. The first-order valence-electron chi connectivity index (χ1n) is 9.22. The van der Waals surface area contributed by atoms with Crippen LogP contribution < -0.4 is 4.90 Å². The Morgan fingerprint density at radius 2 is 2.07 bits per heavy atom. The maximum Gasteiger partial charge on any atom is 0.140 e. The molecule has 0 saturated carbocycles. The van der Waals surface area contributed by atoms with E-state index < -0.39 is 22.5 Å². The molecule has 0 spiro atoms.